The number of hydrogen-bond donors (Lipinski definition) is 0. The number of halogens is 3. The van der Waals surface area contributed by atoms with Gasteiger partial charge in [0.05, 0.1) is 0 Å². The Morgan fingerprint density at radius 2 is 1.43 bits per heavy atom. The smallest absolute Gasteiger partial charge is 0.298 e. The topological polar surface area (TPSA) is 17.1 Å². The van der Waals surface area contributed by atoms with Crippen molar-refractivity contribution in [1.29, 1.82) is 0 Å². The van der Waals surface area contributed by atoms with Gasteiger partial charge in [0.2, 0.25) is 0 Å². The second-order valence-corrected chi connectivity index (χ2v) is 0.600. The molecule has 0 rings (SSSR count). The second kappa shape index (κ2) is 3.17. The van der Waals surface area contributed by atoms with Gasteiger partial charge in [-0.2, -0.15) is 6.29 Å². The van der Waals surface area contributed by atoms with Crippen molar-refractivity contribution >= 4 is 6.29 Å². The fourth-order valence-electron chi connectivity index (χ4n) is 0. The largest absolute Gasteiger partial charge is 0.533 e. The van der Waals surface area contributed by atoms with Gasteiger partial charge in [-0.05, 0) is 0 Å². The van der Waals surface area contributed by atoms with Crippen molar-refractivity contribution in [3.63, 3.8) is 0 Å². The van der Waals surface area contributed by atoms with Crippen LogP contribution < -0.4 is 0 Å². The van der Waals surface area contributed by atoms with E-state index in [9.17, 15) is 13.2 Å². The molecule has 0 saturated carbocycles. The first kappa shape index (κ1) is 10.2. The van der Waals surface area contributed by atoms with Gasteiger partial charge in [0.15, 0.2) is 0 Å². The number of hydrogen-bond acceptors (Lipinski definition) is 1. The van der Waals surface area contributed by atoms with Gasteiger partial charge in [-0.15, -0.1) is 0 Å². The first-order chi connectivity index (χ1) is 2.56. The van der Waals surface area contributed by atoms with Gasteiger partial charge in [0.1, 0.15) is 0 Å². The third kappa shape index (κ3) is 10.7. The van der Waals surface area contributed by atoms with Crippen molar-refractivity contribution in [1.82, 2.24) is 0 Å². The van der Waals surface area contributed by atoms with E-state index in [0.717, 1.165) is 0 Å². The van der Waals surface area contributed by atoms with E-state index in [0.29, 0.717) is 0 Å². The van der Waals surface area contributed by atoms with Crippen molar-refractivity contribution in [2.24, 2.45) is 0 Å². The van der Waals surface area contributed by atoms with Crippen LogP contribution in [0.2, 0.25) is 0 Å². The van der Waals surface area contributed by atoms with Crippen LogP contribution >= 0.6 is 0 Å². The molecule has 0 aromatic rings. The molecular formula is C2F3OPd-. The number of alkyl halides is 3. The van der Waals surface area contributed by atoms with Crippen molar-refractivity contribution in [3.8, 4) is 0 Å². The van der Waals surface area contributed by atoms with Crippen LogP contribution in [0.15, 0.2) is 0 Å². The molecule has 5 heteroatoms. The summed E-state index contributed by atoms with van der Waals surface area (Å²) in [6.07, 6.45) is -4.91. The molecule has 1 nitrogen and oxygen atoms in total. The maximum atomic E-state index is 10.4. The summed E-state index contributed by atoms with van der Waals surface area (Å²) in [5, 5.41) is 0. The van der Waals surface area contributed by atoms with E-state index in [4.69, 9.17) is 4.79 Å². The Labute approximate surface area is 51.5 Å². The Kier molecular flexibility index (Phi) is 4.60. The third-order valence-electron chi connectivity index (χ3n) is 0.116. The summed E-state index contributed by atoms with van der Waals surface area (Å²) in [5.74, 6) is 0. The Bertz CT molecular complexity index is 58.4. The zero-order chi connectivity index (χ0) is 5.21. The average Bonchev–Trinajstić information content (AvgIpc) is 1.35. The fraction of sp³-hybridized carbons (Fsp3) is 0.500. The molecule has 0 bridgehead atoms. The first-order valence-electron chi connectivity index (χ1n) is 1.02. The normalized spacial score (nSPS) is 9.57. The molecule has 0 aliphatic heterocycles. The van der Waals surface area contributed by atoms with Gasteiger partial charge in [0, 0.05) is 20.4 Å². The van der Waals surface area contributed by atoms with Gasteiger partial charge in [-0.1, -0.05) is 0 Å². The molecule has 0 aliphatic rings. The summed E-state index contributed by atoms with van der Waals surface area (Å²) in [6.45, 7) is 0. The molecule has 7 heavy (non-hydrogen) atoms. The van der Waals surface area contributed by atoms with Crippen LogP contribution in [-0.4, -0.2) is 12.5 Å². The molecule has 0 N–H and O–H groups in total. The van der Waals surface area contributed by atoms with Crippen LogP contribution in [0.5, 0.6) is 0 Å². The van der Waals surface area contributed by atoms with E-state index in [-0.39, 0.29) is 26.7 Å². The molecule has 0 aromatic heterocycles. The molecule has 0 heterocycles. The first-order valence-corrected chi connectivity index (χ1v) is 1.02. The van der Waals surface area contributed by atoms with Crippen LogP contribution in [-0.2, 0) is 25.2 Å². The molecule has 0 amide bonds. The number of rotatable bonds is 0. The van der Waals surface area contributed by atoms with Crippen molar-refractivity contribution in [2.75, 3.05) is 0 Å². The van der Waals surface area contributed by atoms with Gasteiger partial charge < -0.3 is 4.79 Å². The van der Waals surface area contributed by atoms with E-state index in [1.807, 2.05) is 0 Å². The summed E-state index contributed by atoms with van der Waals surface area (Å²) in [4.78, 5) is 8.58. The molecular weight excluding hydrogens is 203 g/mol. The van der Waals surface area contributed by atoms with Crippen LogP contribution in [0.3, 0.4) is 0 Å². The predicted molar refractivity (Wildman–Crippen MR) is 11.7 cm³/mol. The summed E-state index contributed by atoms with van der Waals surface area (Å²) in [6, 6.07) is 0. The molecule has 0 aliphatic carbocycles. The van der Waals surface area contributed by atoms with Crippen LogP contribution in [0.1, 0.15) is 0 Å². The van der Waals surface area contributed by atoms with E-state index in [1.54, 1.807) is 0 Å². The van der Waals surface area contributed by atoms with Gasteiger partial charge in [0.25, 0.3) is 6.18 Å². The van der Waals surface area contributed by atoms with E-state index in [1.165, 1.54) is 0 Å². The van der Waals surface area contributed by atoms with Crippen molar-refractivity contribution < 1.29 is 38.4 Å². The maximum Gasteiger partial charge on any atom is 0.298 e. The molecule has 0 radical (unpaired) electrons. The van der Waals surface area contributed by atoms with E-state index >= 15 is 0 Å². The average molecular weight is 203 g/mol. The fourth-order valence-corrected chi connectivity index (χ4v) is 0. The Balaban J connectivity index is 0. The minimum Gasteiger partial charge on any atom is -0.533 e. The number of carbonyl (C=O) groups excluding carboxylic acids is 1. The van der Waals surface area contributed by atoms with Crippen LogP contribution in [0.4, 0.5) is 13.2 Å². The van der Waals surface area contributed by atoms with Crippen LogP contribution in [0, 0.1) is 0 Å². The molecule has 0 aromatic carbocycles. The predicted octanol–water partition coefficient (Wildman–Crippen LogP) is 0.656. The van der Waals surface area contributed by atoms with Crippen molar-refractivity contribution in [3.05, 3.63) is 0 Å². The zero-order valence-electron chi connectivity index (χ0n) is 2.86. The monoisotopic (exact) mass is 203 g/mol. The molecule has 0 saturated heterocycles. The molecule has 0 atom stereocenters. The third-order valence-corrected chi connectivity index (χ3v) is 0.116. The summed E-state index contributed by atoms with van der Waals surface area (Å²) in [5.41, 5.74) is 0. The summed E-state index contributed by atoms with van der Waals surface area (Å²) in [7, 11) is 0. The molecule has 0 fully saturated rings. The SMILES string of the molecule is O=[C-]C(F)(F)F.[Pd]. The van der Waals surface area contributed by atoms with Gasteiger partial charge in [-0.3, -0.25) is 0 Å². The summed E-state index contributed by atoms with van der Waals surface area (Å²) < 4.78 is 31.1. The standard InChI is InChI=1S/C2F3O.Pd/c3-2(4,5)1-6;/q-1;. The van der Waals surface area contributed by atoms with E-state index in [2.05, 4.69) is 0 Å². The molecule has 0 unspecified atom stereocenters. The Hall–Kier alpha value is 0.122. The minimum atomic E-state index is -4.76. The summed E-state index contributed by atoms with van der Waals surface area (Å²) >= 11 is 0. The maximum absolute atomic E-state index is 10.4. The Morgan fingerprint density at radius 3 is 1.43 bits per heavy atom. The van der Waals surface area contributed by atoms with Gasteiger partial charge in [-0.25, -0.2) is 13.2 Å². The van der Waals surface area contributed by atoms with Crippen LogP contribution in [0.25, 0.3) is 0 Å². The molecule has 46 valence electrons. The van der Waals surface area contributed by atoms with Gasteiger partial charge >= 0.3 is 0 Å². The quantitative estimate of drug-likeness (QED) is 0.417. The van der Waals surface area contributed by atoms with E-state index < -0.39 is 6.18 Å². The molecule has 0 spiro atoms. The minimum absolute atomic E-state index is 0. The zero-order valence-corrected chi connectivity index (χ0v) is 4.41. The Morgan fingerprint density at radius 1 is 1.29 bits per heavy atom. The second-order valence-electron chi connectivity index (χ2n) is 0.600. The van der Waals surface area contributed by atoms with Crippen molar-refractivity contribution in [2.45, 2.75) is 6.18 Å².